The van der Waals surface area contributed by atoms with E-state index in [1.54, 1.807) is 17.8 Å². The molecule has 0 aromatic carbocycles. The molecule has 0 saturated carbocycles. The first-order valence-corrected chi connectivity index (χ1v) is 6.55. The van der Waals surface area contributed by atoms with E-state index in [-0.39, 0.29) is 0 Å². The van der Waals surface area contributed by atoms with E-state index in [0.717, 1.165) is 16.4 Å². The Kier molecular flexibility index (Phi) is 5.04. The quantitative estimate of drug-likeness (QED) is 0.597. The number of hydrogen-bond donors (Lipinski definition) is 1. The van der Waals surface area contributed by atoms with E-state index in [2.05, 4.69) is 6.92 Å². The van der Waals surface area contributed by atoms with Crippen molar-refractivity contribution in [2.24, 2.45) is 0 Å². The van der Waals surface area contributed by atoms with Gasteiger partial charge in [0.2, 0.25) is 0 Å². The molecule has 1 N–H and O–H groups in total. The van der Waals surface area contributed by atoms with Gasteiger partial charge in [0.15, 0.2) is 0 Å². The largest absolute Gasteiger partial charge is 0.478 e. The fourth-order valence-electron chi connectivity index (χ4n) is 1.08. The molecule has 0 amide bonds. The minimum atomic E-state index is -0.816. The molecule has 1 rings (SSSR count). The van der Waals surface area contributed by atoms with Gasteiger partial charge in [0, 0.05) is 0 Å². The molecule has 0 unspecified atom stereocenters. The van der Waals surface area contributed by atoms with Crippen LogP contribution in [0.5, 0.6) is 0 Å². The van der Waals surface area contributed by atoms with Crippen LogP contribution in [-0.4, -0.2) is 16.8 Å². The number of rotatable bonds is 6. The van der Waals surface area contributed by atoms with Crippen LogP contribution in [0.3, 0.4) is 0 Å². The molecule has 14 heavy (non-hydrogen) atoms. The van der Waals surface area contributed by atoms with Crippen molar-refractivity contribution in [2.75, 3.05) is 5.75 Å². The molecule has 0 aliphatic rings. The fraction of sp³-hybridized carbons (Fsp3) is 0.500. The topological polar surface area (TPSA) is 37.3 Å². The summed E-state index contributed by atoms with van der Waals surface area (Å²) >= 11 is 3.18. The minimum Gasteiger partial charge on any atom is -0.478 e. The van der Waals surface area contributed by atoms with E-state index < -0.39 is 5.97 Å². The second-order valence-corrected chi connectivity index (χ2v) is 5.26. The van der Waals surface area contributed by atoms with Crippen molar-refractivity contribution in [1.82, 2.24) is 0 Å². The van der Waals surface area contributed by atoms with Crippen molar-refractivity contribution in [1.29, 1.82) is 0 Å². The van der Waals surface area contributed by atoms with Crippen molar-refractivity contribution < 1.29 is 9.90 Å². The first-order chi connectivity index (χ1) is 6.75. The lowest BCUT2D eigenvalue weighted by molar-refractivity contribution is 0.0694. The van der Waals surface area contributed by atoms with E-state index >= 15 is 0 Å². The summed E-state index contributed by atoms with van der Waals surface area (Å²) in [4.78, 5) is 10.8. The normalized spacial score (nSPS) is 10.4. The number of carbonyl (C=O) groups is 1. The highest BCUT2D eigenvalue weighted by atomic mass is 32.2. The molecule has 4 heteroatoms. The molecule has 0 radical (unpaired) electrons. The third-order valence-electron chi connectivity index (χ3n) is 1.84. The van der Waals surface area contributed by atoms with Crippen molar-refractivity contribution >= 4 is 29.1 Å². The van der Waals surface area contributed by atoms with Crippen LogP contribution in [0, 0.1) is 0 Å². The van der Waals surface area contributed by atoms with Gasteiger partial charge in [0.1, 0.15) is 0 Å². The third-order valence-corrected chi connectivity index (χ3v) is 4.16. The van der Waals surface area contributed by atoms with E-state index in [0.29, 0.717) is 5.56 Å². The zero-order valence-electron chi connectivity index (χ0n) is 8.16. The second kappa shape index (κ2) is 6.09. The number of aromatic carboxylic acids is 1. The molecule has 78 valence electrons. The van der Waals surface area contributed by atoms with Crippen LogP contribution in [0.25, 0.3) is 0 Å². The Hall–Kier alpha value is -0.480. The predicted molar refractivity (Wildman–Crippen MR) is 61.5 cm³/mol. The van der Waals surface area contributed by atoms with E-state index in [1.165, 1.54) is 24.2 Å². The van der Waals surface area contributed by atoms with Gasteiger partial charge in [0.25, 0.3) is 0 Å². The number of carboxylic acid groups (broad SMARTS) is 1. The van der Waals surface area contributed by atoms with Crippen LogP contribution in [0.2, 0.25) is 0 Å². The summed E-state index contributed by atoms with van der Waals surface area (Å²) in [6.07, 6.45) is 3.59. The Morgan fingerprint density at radius 1 is 1.57 bits per heavy atom. The SMILES string of the molecule is CCCCCSc1sccc1C(=O)O. The molecule has 0 spiro atoms. The molecule has 0 fully saturated rings. The monoisotopic (exact) mass is 230 g/mol. The molecule has 1 aromatic rings. The molecule has 0 bridgehead atoms. The molecule has 0 saturated heterocycles. The van der Waals surface area contributed by atoms with Crippen molar-refractivity contribution in [3.63, 3.8) is 0 Å². The summed E-state index contributed by atoms with van der Waals surface area (Å²) in [6, 6.07) is 1.68. The zero-order chi connectivity index (χ0) is 10.4. The lowest BCUT2D eigenvalue weighted by Crippen LogP contribution is -1.94. The molecular formula is C10H14O2S2. The third kappa shape index (κ3) is 3.35. The molecule has 2 nitrogen and oxygen atoms in total. The highest BCUT2D eigenvalue weighted by Gasteiger charge is 2.10. The van der Waals surface area contributed by atoms with Gasteiger partial charge in [-0.15, -0.1) is 23.1 Å². The fourth-order valence-corrected chi connectivity index (χ4v) is 3.23. The second-order valence-electron chi connectivity index (χ2n) is 2.98. The maximum atomic E-state index is 10.8. The summed E-state index contributed by atoms with van der Waals surface area (Å²) < 4.78 is 0.939. The highest BCUT2D eigenvalue weighted by Crippen LogP contribution is 2.29. The van der Waals surface area contributed by atoms with E-state index in [9.17, 15) is 4.79 Å². The average molecular weight is 230 g/mol. The number of unbranched alkanes of at least 4 members (excludes halogenated alkanes) is 2. The van der Waals surface area contributed by atoms with Gasteiger partial charge in [-0.05, 0) is 23.6 Å². The lowest BCUT2D eigenvalue weighted by Gasteiger charge is -1.99. The van der Waals surface area contributed by atoms with Crippen LogP contribution >= 0.6 is 23.1 Å². The van der Waals surface area contributed by atoms with E-state index in [4.69, 9.17) is 5.11 Å². The summed E-state index contributed by atoms with van der Waals surface area (Å²) in [5.74, 6) is 0.207. The molecule has 0 atom stereocenters. The maximum absolute atomic E-state index is 10.8. The number of hydrogen-bond acceptors (Lipinski definition) is 3. The van der Waals surface area contributed by atoms with Crippen molar-refractivity contribution in [3.05, 3.63) is 17.0 Å². The van der Waals surface area contributed by atoms with Crippen LogP contribution in [-0.2, 0) is 0 Å². The Morgan fingerprint density at radius 2 is 2.36 bits per heavy atom. The predicted octanol–water partition coefficient (Wildman–Crippen LogP) is 3.73. The van der Waals surface area contributed by atoms with Crippen LogP contribution < -0.4 is 0 Å². The first-order valence-electron chi connectivity index (χ1n) is 4.69. The Morgan fingerprint density at radius 3 is 3.00 bits per heavy atom. The summed E-state index contributed by atoms with van der Waals surface area (Å²) in [6.45, 7) is 2.17. The van der Waals surface area contributed by atoms with E-state index in [1.807, 2.05) is 5.38 Å². The molecule has 0 aliphatic heterocycles. The Bertz CT molecular complexity index is 294. The number of thioether (sulfide) groups is 1. The average Bonchev–Trinajstić information content (AvgIpc) is 2.60. The minimum absolute atomic E-state index is 0.455. The number of carboxylic acids is 1. The first kappa shape index (κ1) is 11.6. The van der Waals surface area contributed by atoms with Gasteiger partial charge in [-0.1, -0.05) is 19.8 Å². The Labute approximate surface area is 92.3 Å². The summed E-state index contributed by atoms with van der Waals surface area (Å²) in [7, 11) is 0. The Balaban J connectivity index is 2.42. The smallest absolute Gasteiger partial charge is 0.337 e. The summed E-state index contributed by atoms with van der Waals surface area (Å²) in [5, 5.41) is 10.7. The van der Waals surface area contributed by atoms with Crippen LogP contribution in [0.1, 0.15) is 36.5 Å². The number of thiophene rings is 1. The van der Waals surface area contributed by atoms with Gasteiger partial charge in [-0.3, -0.25) is 0 Å². The molecular weight excluding hydrogens is 216 g/mol. The van der Waals surface area contributed by atoms with Gasteiger partial charge >= 0.3 is 5.97 Å². The van der Waals surface area contributed by atoms with Crippen LogP contribution in [0.15, 0.2) is 15.7 Å². The lowest BCUT2D eigenvalue weighted by atomic mass is 10.3. The molecule has 1 aromatic heterocycles. The zero-order valence-corrected chi connectivity index (χ0v) is 9.79. The molecule has 1 heterocycles. The van der Waals surface area contributed by atoms with Crippen LogP contribution in [0.4, 0.5) is 0 Å². The van der Waals surface area contributed by atoms with Gasteiger partial charge in [-0.2, -0.15) is 0 Å². The van der Waals surface area contributed by atoms with Gasteiger partial charge in [-0.25, -0.2) is 4.79 Å². The maximum Gasteiger partial charge on any atom is 0.337 e. The highest BCUT2D eigenvalue weighted by molar-refractivity contribution is 8.01. The van der Waals surface area contributed by atoms with Crippen molar-refractivity contribution in [2.45, 2.75) is 30.4 Å². The standard InChI is InChI=1S/C10H14O2S2/c1-2-3-4-6-13-10-8(9(11)12)5-7-14-10/h5,7H,2-4,6H2,1H3,(H,11,12). The summed E-state index contributed by atoms with van der Waals surface area (Å²) in [5.41, 5.74) is 0.455. The van der Waals surface area contributed by atoms with Crippen molar-refractivity contribution in [3.8, 4) is 0 Å². The van der Waals surface area contributed by atoms with Gasteiger partial charge < -0.3 is 5.11 Å². The van der Waals surface area contributed by atoms with Gasteiger partial charge in [0.05, 0.1) is 9.77 Å². The molecule has 0 aliphatic carbocycles.